The van der Waals surface area contributed by atoms with Gasteiger partial charge >= 0.3 is 0 Å². The summed E-state index contributed by atoms with van der Waals surface area (Å²) in [6, 6.07) is 0. The number of hydrogen-bond donors (Lipinski definition) is 0. The lowest BCUT2D eigenvalue weighted by Gasteiger charge is -2.30. The third-order valence-electron chi connectivity index (χ3n) is 9.84. The summed E-state index contributed by atoms with van der Waals surface area (Å²) in [6.45, 7) is 10.9. The third kappa shape index (κ3) is 14.8. The number of ether oxygens (including phenoxy) is 2. The van der Waals surface area contributed by atoms with Gasteiger partial charge in [-0.25, -0.2) is 0 Å². The molecule has 2 unspecified atom stereocenters. The lowest BCUT2D eigenvalue weighted by Crippen LogP contribution is -2.28. The van der Waals surface area contributed by atoms with Crippen LogP contribution in [0.5, 0.6) is 0 Å². The molecule has 2 aliphatic rings. The maximum Gasteiger partial charge on any atom is 0.0805 e. The average Bonchev–Trinajstić information content (AvgIpc) is 2.90. The maximum absolute atomic E-state index is 6.23. The van der Waals surface area contributed by atoms with Gasteiger partial charge in [-0.2, -0.15) is 0 Å². The van der Waals surface area contributed by atoms with Crippen LogP contribution in [-0.2, 0) is 9.47 Å². The fourth-order valence-corrected chi connectivity index (χ4v) is 6.80. The van der Waals surface area contributed by atoms with Gasteiger partial charge in [0.25, 0.3) is 0 Å². The summed E-state index contributed by atoms with van der Waals surface area (Å²) in [7, 11) is 0. The molecule has 0 radical (unpaired) electrons. The first-order valence-corrected chi connectivity index (χ1v) is 16.8. The summed E-state index contributed by atoms with van der Waals surface area (Å²) >= 11 is 0. The van der Waals surface area contributed by atoms with Crippen molar-refractivity contribution in [2.45, 2.75) is 181 Å². The zero-order valence-corrected chi connectivity index (χ0v) is 25.3. The van der Waals surface area contributed by atoms with Crippen molar-refractivity contribution in [3.8, 4) is 0 Å². The molecule has 2 rings (SSSR count). The van der Waals surface area contributed by atoms with E-state index in [1.54, 1.807) is 0 Å². The quantitative estimate of drug-likeness (QED) is 0.144. The zero-order chi connectivity index (χ0) is 25.8. The second kappa shape index (κ2) is 20.8. The van der Waals surface area contributed by atoms with E-state index in [0.717, 1.165) is 36.9 Å². The van der Waals surface area contributed by atoms with E-state index < -0.39 is 0 Å². The predicted octanol–water partition coefficient (Wildman–Crippen LogP) is 10.9. The number of rotatable bonds is 21. The van der Waals surface area contributed by atoms with Gasteiger partial charge < -0.3 is 9.47 Å². The van der Waals surface area contributed by atoms with E-state index in [0.29, 0.717) is 0 Å². The highest BCUT2D eigenvalue weighted by atomic mass is 16.5. The van der Waals surface area contributed by atoms with Gasteiger partial charge in [-0.1, -0.05) is 142 Å². The highest BCUT2D eigenvalue weighted by Crippen LogP contribution is 2.35. The Morgan fingerprint density at radius 1 is 0.444 bits per heavy atom. The van der Waals surface area contributed by atoms with Gasteiger partial charge in [0.15, 0.2) is 0 Å². The van der Waals surface area contributed by atoms with Crippen LogP contribution >= 0.6 is 0 Å². The highest BCUT2D eigenvalue weighted by Gasteiger charge is 2.23. The highest BCUT2D eigenvalue weighted by molar-refractivity contribution is 4.74. The van der Waals surface area contributed by atoms with Crippen molar-refractivity contribution in [1.29, 1.82) is 0 Å². The van der Waals surface area contributed by atoms with Crippen LogP contribution in [0.4, 0.5) is 0 Å². The van der Waals surface area contributed by atoms with Gasteiger partial charge in [-0.15, -0.1) is 0 Å². The second-order valence-corrected chi connectivity index (χ2v) is 12.9. The molecule has 2 atom stereocenters. The Bertz CT molecular complexity index is 432. The SMILES string of the molecule is CCCCCCCC1CCC(CCOC(C)C(C)OCC[C@H]2CC[C@H](CCCCCCC)CC2)CC1. The zero-order valence-electron chi connectivity index (χ0n) is 25.3. The fraction of sp³-hybridized carbons (Fsp3) is 1.00. The monoisotopic (exact) mass is 507 g/mol. The van der Waals surface area contributed by atoms with Crippen LogP contribution in [-0.4, -0.2) is 25.4 Å². The minimum absolute atomic E-state index is 0.216. The summed E-state index contributed by atoms with van der Waals surface area (Å²) in [5.74, 6) is 3.83. The van der Waals surface area contributed by atoms with Crippen LogP contribution in [0.15, 0.2) is 0 Å². The summed E-state index contributed by atoms with van der Waals surface area (Å²) in [5.41, 5.74) is 0. The topological polar surface area (TPSA) is 18.5 Å². The first kappa shape index (κ1) is 32.1. The van der Waals surface area contributed by atoms with E-state index in [1.165, 1.54) is 141 Å². The van der Waals surface area contributed by atoms with Gasteiger partial charge in [0.05, 0.1) is 12.2 Å². The molecule has 2 saturated carbocycles. The van der Waals surface area contributed by atoms with Crippen molar-refractivity contribution in [2.24, 2.45) is 23.7 Å². The van der Waals surface area contributed by atoms with E-state index in [2.05, 4.69) is 27.7 Å². The standard InChI is InChI=1S/C34H66O2/c1-5-7-9-11-13-15-31-17-21-33(22-18-31)25-27-35-29(3)30(4)36-28-26-34-23-19-32(20-24-34)16-14-12-10-8-6-2/h29-34H,5-28H2,1-4H3/t29?,30?,31-,32?,33-,34?. The molecule has 214 valence electrons. The molecular formula is C34H66O2. The van der Waals surface area contributed by atoms with E-state index in [-0.39, 0.29) is 12.2 Å². The molecule has 0 bridgehead atoms. The van der Waals surface area contributed by atoms with Crippen LogP contribution in [0.25, 0.3) is 0 Å². The van der Waals surface area contributed by atoms with Crippen molar-refractivity contribution in [3.63, 3.8) is 0 Å². The minimum Gasteiger partial charge on any atom is -0.376 e. The van der Waals surface area contributed by atoms with Crippen molar-refractivity contribution < 1.29 is 9.47 Å². The Hall–Kier alpha value is -0.0800. The Labute approximate surface area is 227 Å². The van der Waals surface area contributed by atoms with Crippen LogP contribution in [0.2, 0.25) is 0 Å². The normalized spacial score (nSPS) is 26.7. The molecule has 2 aliphatic carbocycles. The van der Waals surface area contributed by atoms with Gasteiger partial charge in [0, 0.05) is 13.2 Å². The summed E-state index contributed by atoms with van der Waals surface area (Å²) in [6.07, 6.45) is 31.8. The summed E-state index contributed by atoms with van der Waals surface area (Å²) in [4.78, 5) is 0. The number of hydrogen-bond acceptors (Lipinski definition) is 2. The van der Waals surface area contributed by atoms with E-state index >= 15 is 0 Å². The fourth-order valence-electron chi connectivity index (χ4n) is 6.80. The first-order chi connectivity index (χ1) is 17.6. The molecule has 2 nitrogen and oxygen atoms in total. The number of unbranched alkanes of at least 4 members (excludes halogenated alkanes) is 8. The largest absolute Gasteiger partial charge is 0.376 e. The summed E-state index contributed by atoms with van der Waals surface area (Å²) < 4.78 is 12.5. The van der Waals surface area contributed by atoms with Gasteiger partial charge in [-0.3, -0.25) is 0 Å². The maximum atomic E-state index is 6.23. The van der Waals surface area contributed by atoms with Crippen LogP contribution in [0.3, 0.4) is 0 Å². The molecule has 2 heteroatoms. The average molecular weight is 507 g/mol. The van der Waals surface area contributed by atoms with Crippen molar-refractivity contribution in [1.82, 2.24) is 0 Å². The molecule has 2 fully saturated rings. The first-order valence-electron chi connectivity index (χ1n) is 16.8. The molecular weight excluding hydrogens is 440 g/mol. The van der Waals surface area contributed by atoms with Gasteiger partial charge in [0.2, 0.25) is 0 Å². The van der Waals surface area contributed by atoms with Crippen molar-refractivity contribution >= 4 is 0 Å². The lowest BCUT2D eigenvalue weighted by atomic mass is 9.78. The molecule has 0 spiro atoms. The Balaban J connectivity index is 1.42. The molecule has 36 heavy (non-hydrogen) atoms. The van der Waals surface area contributed by atoms with E-state index in [4.69, 9.17) is 9.47 Å². The molecule has 0 aromatic carbocycles. The van der Waals surface area contributed by atoms with Gasteiger partial charge in [0.1, 0.15) is 0 Å². The minimum atomic E-state index is 0.216. The Morgan fingerprint density at radius 3 is 1.08 bits per heavy atom. The van der Waals surface area contributed by atoms with E-state index in [9.17, 15) is 0 Å². The third-order valence-corrected chi connectivity index (χ3v) is 9.84. The Morgan fingerprint density at radius 2 is 0.750 bits per heavy atom. The van der Waals surface area contributed by atoms with Crippen LogP contribution in [0, 0.1) is 23.7 Å². The lowest BCUT2D eigenvalue weighted by molar-refractivity contribution is -0.0631. The Kier molecular flexibility index (Phi) is 18.6. The van der Waals surface area contributed by atoms with E-state index in [1.807, 2.05) is 0 Å². The predicted molar refractivity (Wildman–Crippen MR) is 158 cm³/mol. The van der Waals surface area contributed by atoms with Gasteiger partial charge in [-0.05, 0) is 50.4 Å². The van der Waals surface area contributed by atoms with Crippen molar-refractivity contribution in [2.75, 3.05) is 13.2 Å². The molecule has 0 saturated heterocycles. The van der Waals surface area contributed by atoms with Crippen molar-refractivity contribution in [3.05, 3.63) is 0 Å². The molecule has 0 aromatic rings. The smallest absolute Gasteiger partial charge is 0.0805 e. The molecule has 0 N–H and O–H groups in total. The molecule has 0 heterocycles. The van der Waals surface area contributed by atoms with Crippen LogP contribution in [0.1, 0.15) is 169 Å². The molecule has 0 amide bonds. The summed E-state index contributed by atoms with van der Waals surface area (Å²) in [5, 5.41) is 0. The molecule has 0 aromatic heterocycles. The molecule has 0 aliphatic heterocycles. The second-order valence-electron chi connectivity index (χ2n) is 12.9. The van der Waals surface area contributed by atoms with Crippen LogP contribution < -0.4 is 0 Å².